The molecule has 0 spiro atoms. The zero-order chi connectivity index (χ0) is 15.5. The summed E-state index contributed by atoms with van der Waals surface area (Å²) in [5.41, 5.74) is 3.08. The van der Waals surface area contributed by atoms with Gasteiger partial charge in [0.05, 0.1) is 6.10 Å². The third-order valence-corrected chi connectivity index (χ3v) is 4.37. The van der Waals surface area contributed by atoms with Crippen LogP contribution in [-0.2, 0) is 12.8 Å². The molecule has 1 aromatic heterocycles. The number of anilines is 1. The second-order valence-electron chi connectivity index (χ2n) is 5.67. The van der Waals surface area contributed by atoms with Crippen LogP contribution in [0.2, 0.25) is 5.02 Å². The van der Waals surface area contributed by atoms with E-state index in [0.717, 1.165) is 35.7 Å². The molecule has 0 radical (unpaired) electrons. The number of aliphatic hydroxyl groups excluding tert-OH is 1. The van der Waals surface area contributed by atoms with E-state index < -0.39 is 6.10 Å². The van der Waals surface area contributed by atoms with Crippen molar-refractivity contribution in [2.45, 2.75) is 38.7 Å². The van der Waals surface area contributed by atoms with Crippen LogP contribution in [0, 0.1) is 6.92 Å². The molecule has 0 fully saturated rings. The summed E-state index contributed by atoms with van der Waals surface area (Å²) in [6.07, 6.45) is 3.70. The summed E-state index contributed by atoms with van der Waals surface area (Å²) in [7, 11) is 0. The van der Waals surface area contributed by atoms with E-state index in [1.165, 1.54) is 18.4 Å². The Morgan fingerprint density at radius 2 is 2.00 bits per heavy atom. The minimum atomic E-state index is -0.664. The molecule has 2 aromatic rings. The van der Waals surface area contributed by atoms with Crippen LogP contribution < -0.4 is 5.32 Å². The van der Waals surface area contributed by atoms with E-state index in [1.807, 2.05) is 25.1 Å². The standard InChI is InChI=1S/C17H20ClN3O/c1-11-20-15-9-5-3-7-13(15)17(21-11)19-10-16(22)12-6-2-4-8-14(12)18/h2,4,6,8,16,22H,3,5,7,9-10H2,1H3,(H,19,20,21). The first-order valence-corrected chi connectivity index (χ1v) is 8.05. The Bertz CT molecular complexity index is 675. The summed E-state index contributed by atoms with van der Waals surface area (Å²) in [5, 5.41) is 14.2. The predicted octanol–water partition coefficient (Wildman–Crippen LogP) is 3.46. The van der Waals surface area contributed by atoms with Gasteiger partial charge in [0.25, 0.3) is 0 Å². The predicted molar refractivity (Wildman–Crippen MR) is 88.3 cm³/mol. The molecule has 116 valence electrons. The molecule has 1 heterocycles. The van der Waals surface area contributed by atoms with Crippen molar-refractivity contribution in [1.82, 2.24) is 9.97 Å². The Hall–Kier alpha value is -1.65. The summed E-state index contributed by atoms with van der Waals surface area (Å²) >= 11 is 6.13. The van der Waals surface area contributed by atoms with Crippen LogP contribution >= 0.6 is 11.6 Å². The van der Waals surface area contributed by atoms with Gasteiger partial charge < -0.3 is 10.4 Å². The van der Waals surface area contributed by atoms with Gasteiger partial charge in [-0.1, -0.05) is 29.8 Å². The number of aromatic nitrogens is 2. The highest BCUT2D eigenvalue weighted by molar-refractivity contribution is 6.31. The molecule has 3 rings (SSSR count). The lowest BCUT2D eigenvalue weighted by atomic mass is 9.96. The van der Waals surface area contributed by atoms with Crippen LogP contribution in [0.1, 0.15) is 41.6 Å². The fourth-order valence-corrected chi connectivity index (χ4v) is 3.17. The summed E-state index contributed by atoms with van der Waals surface area (Å²) in [5.74, 6) is 1.63. The Balaban J connectivity index is 1.77. The Labute approximate surface area is 135 Å². The van der Waals surface area contributed by atoms with Crippen LogP contribution in [0.5, 0.6) is 0 Å². The van der Waals surface area contributed by atoms with Gasteiger partial charge >= 0.3 is 0 Å². The zero-order valence-electron chi connectivity index (χ0n) is 12.6. The van der Waals surface area contributed by atoms with Crippen molar-refractivity contribution in [3.05, 3.63) is 51.9 Å². The van der Waals surface area contributed by atoms with Crippen molar-refractivity contribution in [3.63, 3.8) is 0 Å². The topological polar surface area (TPSA) is 58.0 Å². The first-order chi connectivity index (χ1) is 10.6. The number of hydrogen-bond acceptors (Lipinski definition) is 4. The maximum atomic E-state index is 10.3. The van der Waals surface area contributed by atoms with Gasteiger partial charge in [0.1, 0.15) is 11.6 Å². The van der Waals surface area contributed by atoms with Crippen LogP contribution in [0.4, 0.5) is 5.82 Å². The first kappa shape index (κ1) is 15.3. The molecule has 0 saturated heterocycles. The molecule has 0 bridgehead atoms. The first-order valence-electron chi connectivity index (χ1n) is 7.68. The van der Waals surface area contributed by atoms with Gasteiger partial charge in [0.15, 0.2) is 0 Å². The van der Waals surface area contributed by atoms with Crippen molar-refractivity contribution >= 4 is 17.4 Å². The largest absolute Gasteiger partial charge is 0.387 e. The lowest BCUT2D eigenvalue weighted by Gasteiger charge is -2.20. The molecule has 1 aliphatic carbocycles. The summed E-state index contributed by atoms with van der Waals surface area (Å²) in [4.78, 5) is 9.05. The molecule has 1 atom stereocenters. The fourth-order valence-electron chi connectivity index (χ4n) is 2.91. The van der Waals surface area contributed by atoms with E-state index in [0.29, 0.717) is 11.6 Å². The van der Waals surface area contributed by atoms with Crippen molar-refractivity contribution in [2.24, 2.45) is 0 Å². The van der Waals surface area contributed by atoms with Crippen molar-refractivity contribution in [3.8, 4) is 0 Å². The Kier molecular flexibility index (Phi) is 4.60. The van der Waals surface area contributed by atoms with E-state index in [1.54, 1.807) is 6.07 Å². The van der Waals surface area contributed by atoms with E-state index in [-0.39, 0.29) is 0 Å². The van der Waals surface area contributed by atoms with Crippen molar-refractivity contribution in [2.75, 3.05) is 11.9 Å². The number of nitrogens with one attached hydrogen (secondary N) is 1. The number of aliphatic hydroxyl groups is 1. The van der Waals surface area contributed by atoms with Gasteiger partial charge in [-0.05, 0) is 38.7 Å². The average Bonchev–Trinajstić information content (AvgIpc) is 2.52. The van der Waals surface area contributed by atoms with Crippen molar-refractivity contribution < 1.29 is 5.11 Å². The zero-order valence-corrected chi connectivity index (χ0v) is 13.4. The lowest BCUT2D eigenvalue weighted by Crippen LogP contribution is -2.18. The van der Waals surface area contributed by atoms with Gasteiger partial charge in [0, 0.05) is 28.4 Å². The fraction of sp³-hybridized carbons (Fsp3) is 0.412. The Morgan fingerprint density at radius 3 is 2.82 bits per heavy atom. The third kappa shape index (κ3) is 3.23. The van der Waals surface area contributed by atoms with Gasteiger partial charge in [-0.25, -0.2) is 9.97 Å². The third-order valence-electron chi connectivity index (χ3n) is 4.02. The molecular formula is C17H20ClN3O. The minimum Gasteiger partial charge on any atom is -0.387 e. The van der Waals surface area contributed by atoms with Crippen LogP contribution in [0.15, 0.2) is 24.3 Å². The molecule has 0 amide bonds. The maximum Gasteiger partial charge on any atom is 0.133 e. The number of rotatable bonds is 4. The van der Waals surface area contributed by atoms with E-state index in [9.17, 15) is 5.11 Å². The van der Waals surface area contributed by atoms with Gasteiger partial charge in [0.2, 0.25) is 0 Å². The number of halogens is 1. The van der Waals surface area contributed by atoms with Crippen LogP contribution in [-0.4, -0.2) is 21.6 Å². The molecule has 4 nitrogen and oxygen atoms in total. The SMILES string of the molecule is Cc1nc2c(c(NCC(O)c3ccccc3Cl)n1)CCCC2. The molecular weight excluding hydrogens is 298 g/mol. The van der Waals surface area contributed by atoms with Gasteiger partial charge in [-0.2, -0.15) is 0 Å². The highest BCUT2D eigenvalue weighted by Gasteiger charge is 2.18. The molecule has 1 unspecified atom stereocenters. The normalized spacial score (nSPS) is 15.2. The quantitative estimate of drug-likeness (QED) is 0.906. The number of nitrogens with zero attached hydrogens (tertiary/aromatic N) is 2. The number of benzene rings is 1. The smallest absolute Gasteiger partial charge is 0.133 e. The molecule has 2 N–H and O–H groups in total. The molecule has 5 heteroatoms. The summed E-state index contributed by atoms with van der Waals surface area (Å²) < 4.78 is 0. The average molecular weight is 318 g/mol. The summed E-state index contributed by atoms with van der Waals surface area (Å²) in [6, 6.07) is 7.36. The molecule has 0 saturated carbocycles. The van der Waals surface area contributed by atoms with Gasteiger partial charge in [-0.15, -0.1) is 0 Å². The molecule has 1 aromatic carbocycles. The van der Waals surface area contributed by atoms with E-state index >= 15 is 0 Å². The van der Waals surface area contributed by atoms with Crippen molar-refractivity contribution in [1.29, 1.82) is 0 Å². The van der Waals surface area contributed by atoms with Gasteiger partial charge in [-0.3, -0.25) is 0 Å². The van der Waals surface area contributed by atoms with E-state index in [2.05, 4.69) is 15.3 Å². The van der Waals surface area contributed by atoms with E-state index in [4.69, 9.17) is 11.6 Å². The number of fused-ring (bicyclic) bond motifs is 1. The minimum absolute atomic E-state index is 0.382. The second kappa shape index (κ2) is 6.63. The Morgan fingerprint density at radius 1 is 1.23 bits per heavy atom. The number of hydrogen-bond donors (Lipinski definition) is 2. The monoisotopic (exact) mass is 317 g/mol. The second-order valence-corrected chi connectivity index (χ2v) is 6.08. The van der Waals surface area contributed by atoms with Crippen LogP contribution in [0.3, 0.4) is 0 Å². The number of aryl methyl sites for hydroxylation is 2. The maximum absolute atomic E-state index is 10.3. The molecule has 1 aliphatic rings. The lowest BCUT2D eigenvalue weighted by molar-refractivity contribution is 0.191. The van der Waals surface area contributed by atoms with Crippen LogP contribution in [0.25, 0.3) is 0 Å². The highest BCUT2D eigenvalue weighted by atomic mass is 35.5. The highest BCUT2D eigenvalue weighted by Crippen LogP contribution is 2.27. The molecule has 0 aliphatic heterocycles. The molecule has 22 heavy (non-hydrogen) atoms. The summed E-state index contributed by atoms with van der Waals surface area (Å²) in [6.45, 7) is 2.29.